The van der Waals surface area contributed by atoms with Crippen molar-refractivity contribution in [3.05, 3.63) is 46.4 Å². The topological polar surface area (TPSA) is 55.1 Å². The number of fused-ring (bicyclic) bond motifs is 1. The minimum Gasteiger partial charge on any atom is -0.436 e. The van der Waals surface area contributed by atoms with Crippen LogP contribution in [0.25, 0.3) is 22.6 Å². The molecular weight excluding hydrogens is 392 g/mol. The molecule has 1 heterocycles. The Labute approximate surface area is 153 Å². The standard InChI is InChI=1S/C18H16BrClN2O2/c1-10(2)11-4-6-16-15(7-11)22-18(24-16)12-3-5-13(19)14(8-12)21-17(23)9-20/h3-8,10H,9H2,1-2H3,(H,21,23). The van der Waals surface area contributed by atoms with Crippen molar-refractivity contribution in [2.45, 2.75) is 19.8 Å². The molecule has 0 atom stereocenters. The van der Waals surface area contributed by atoms with Gasteiger partial charge in [-0.1, -0.05) is 19.9 Å². The first-order valence-electron chi connectivity index (χ1n) is 7.54. The Kier molecular flexibility index (Phi) is 4.92. The zero-order chi connectivity index (χ0) is 17.3. The van der Waals surface area contributed by atoms with E-state index in [2.05, 4.69) is 46.1 Å². The number of carbonyl (C=O) groups is 1. The molecular formula is C18H16BrClN2O2. The summed E-state index contributed by atoms with van der Waals surface area (Å²) in [5, 5.41) is 2.74. The Bertz CT molecular complexity index is 905. The zero-order valence-corrected chi connectivity index (χ0v) is 15.6. The second kappa shape index (κ2) is 6.95. The highest BCUT2D eigenvalue weighted by atomic mass is 79.9. The Morgan fingerprint density at radius 1 is 1.29 bits per heavy atom. The quantitative estimate of drug-likeness (QED) is 0.576. The van der Waals surface area contributed by atoms with E-state index in [0.29, 0.717) is 17.5 Å². The number of nitrogens with one attached hydrogen (secondary N) is 1. The molecule has 0 saturated carbocycles. The Morgan fingerprint density at radius 3 is 2.79 bits per heavy atom. The molecule has 124 valence electrons. The lowest BCUT2D eigenvalue weighted by Crippen LogP contribution is -2.12. The van der Waals surface area contributed by atoms with Gasteiger partial charge in [-0.15, -0.1) is 11.6 Å². The van der Waals surface area contributed by atoms with Gasteiger partial charge >= 0.3 is 0 Å². The monoisotopic (exact) mass is 406 g/mol. The minimum absolute atomic E-state index is 0.0997. The maximum Gasteiger partial charge on any atom is 0.239 e. The van der Waals surface area contributed by atoms with E-state index in [1.54, 1.807) is 0 Å². The van der Waals surface area contributed by atoms with Crippen LogP contribution in [-0.4, -0.2) is 16.8 Å². The summed E-state index contributed by atoms with van der Waals surface area (Å²) in [5.74, 6) is 0.574. The van der Waals surface area contributed by atoms with E-state index in [9.17, 15) is 4.79 Å². The average Bonchev–Trinajstić information content (AvgIpc) is 2.99. The van der Waals surface area contributed by atoms with Gasteiger partial charge in [0.2, 0.25) is 11.8 Å². The lowest BCUT2D eigenvalue weighted by Gasteiger charge is -2.07. The molecule has 0 unspecified atom stereocenters. The number of oxazole rings is 1. The predicted molar refractivity (Wildman–Crippen MR) is 101 cm³/mol. The van der Waals surface area contributed by atoms with Gasteiger partial charge in [-0.2, -0.15) is 0 Å². The fourth-order valence-electron chi connectivity index (χ4n) is 2.36. The molecule has 2 aromatic carbocycles. The largest absolute Gasteiger partial charge is 0.436 e. The normalized spacial score (nSPS) is 11.2. The molecule has 1 aromatic heterocycles. The van der Waals surface area contributed by atoms with Gasteiger partial charge in [-0.3, -0.25) is 4.79 Å². The molecule has 0 aliphatic carbocycles. The van der Waals surface area contributed by atoms with Gasteiger partial charge < -0.3 is 9.73 Å². The van der Waals surface area contributed by atoms with E-state index in [4.69, 9.17) is 16.0 Å². The summed E-state index contributed by atoms with van der Waals surface area (Å²) in [4.78, 5) is 16.1. The molecule has 0 bridgehead atoms. The number of benzene rings is 2. The summed E-state index contributed by atoms with van der Waals surface area (Å²) in [6.45, 7) is 4.28. The second-order valence-electron chi connectivity index (χ2n) is 5.78. The highest BCUT2D eigenvalue weighted by molar-refractivity contribution is 9.10. The number of anilines is 1. The summed E-state index contributed by atoms with van der Waals surface area (Å²) in [5.41, 5.74) is 4.19. The molecule has 0 fully saturated rings. The number of aromatic nitrogens is 1. The van der Waals surface area contributed by atoms with Crippen LogP contribution in [0.5, 0.6) is 0 Å². The van der Waals surface area contributed by atoms with Crippen molar-refractivity contribution in [1.82, 2.24) is 4.98 Å². The van der Waals surface area contributed by atoms with Crippen molar-refractivity contribution in [3.63, 3.8) is 0 Å². The highest BCUT2D eigenvalue weighted by Crippen LogP contribution is 2.31. The first kappa shape index (κ1) is 17.0. The van der Waals surface area contributed by atoms with E-state index in [1.807, 2.05) is 30.3 Å². The van der Waals surface area contributed by atoms with Crippen LogP contribution >= 0.6 is 27.5 Å². The van der Waals surface area contributed by atoms with E-state index in [0.717, 1.165) is 21.1 Å². The van der Waals surface area contributed by atoms with Crippen LogP contribution in [0.1, 0.15) is 25.3 Å². The van der Waals surface area contributed by atoms with Crippen LogP contribution in [0.2, 0.25) is 0 Å². The molecule has 24 heavy (non-hydrogen) atoms. The molecule has 0 spiro atoms. The Morgan fingerprint density at radius 2 is 2.08 bits per heavy atom. The molecule has 0 aliphatic heterocycles. The third-order valence-electron chi connectivity index (χ3n) is 3.69. The van der Waals surface area contributed by atoms with Crippen molar-refractivity contribution in [2.75, 3.05) is 11.2 Å². The number of nitrogens with zero attached hydrogens (tertiary/aromatic N) is 1. The zero-order valence-electron chi connectivity index (χ0n) is 13.3. The Hall–Kier alpha value is -1.85. The van der Waals surface area contributed by atoms with Crippen molar-refractivity contribution < 1.29 is 9.21 Å². The van der Waals surface area contributed by atoms with Gasteiger partial charge in [-0.05, 0) is 57.7 Å². The minimum atomic E-state index is -0.270. The number of halogens is 2. The van der Waals surface area contributed by atoms with Crippen LogP contribution in [0, 0.1) is 0 Å². The third kappa shape index (κ3) is 3.47. The van der Waals surface area contributed by atoms with Crippen molar-refractivity contribution >= 4 is 50.2 Å². The smallest absolute Gasteiger partial charge is 0.239 e. The van der Waals surface area contributed by atoms with E-state index in [-0.39, 0.29) is 11.8 Å². The van der Waals surface area contributed by atoms with Gasteiger partial charge in [0.15, 0.2) is 5.58 Å². The third-order valence-corrected chi connectivity index (χ3v) is 4.62. The summed E-state index contributed by atoms with van der Waals surface area (Å²) < 4.78 is 6.62. The number of alkyl halides is 1. The molecule has 3 rings (SSSR count). The number of amides is 1. The van der Waals surface area contributed by atoms with Gasteiger partial charge in [0.05, 0.1) is 5.69 Å². The second-order valence-corrected chi connectivity index (χ2v) is 6.90. The highest BCUT2D eigenvalue weighted by Gasteiger charge is 2.12. The van der Waals surface area contributed by atoms with Crippen molar-refractivity contribution in [2.24, 2.45) is 0 Å². The predicted octanol–water partition coefficient (Wildman–Crippen LogP) is 5.56. The number of hydrogen-bond donors (Lipinski definition) is 1. The molecule has 4 nitrogen and oxygen atoms in total. The van der Waals surface area contributed by atoms with Crippen molar-refractivity contribution in [1.29, 1.82) is 0 Å². The van der Waals surface area contributed by atoms with E-state index in [1.165, 1.54) is 5.56 Å². The molecule has 0 radical (unpaired) electrons. The van der Waals surface area contributed by atoms with Crippen LogP contribution in [0.3, 0.4) is 0 Å². The van der Waals surface area contributed by atoms with Crippen LogP contribution in [-0.2, 0) is 4.79 Å². The maximum absolute atomic E-state index is 11.5. The lowest BCUT2D eigenvalue weighted by molar-refractivity contribution is -0.113. The summed E-state index contributed by atoms with van der Waals surface area (Å²) in [6.07, 6.45) is 0. The molecule has 0 saturated heterocycles. The molecule has 1 amide bonds. The van der Waals surface area contributed by atoms with Gasteiger partial charge in [0.1, 0.15) is 11.4 Å². The first-order chi connectivity index (χ1) is 11.5. The van der Waals surface area contributed by atoms with E-state index >= 15 is 0 Å². The molecule has 6 heteroatoms. The van der Waals surface area contributed by atoms with Crippen molar-refractivity contribution in [3.8, 4) is 11.5 Å². The Balaban J connectivity index is 2.00. The molecule has 1 N–H and O–H groups in total. The number of carbonyl (C=O) groups excluding carboxylic acids is 1. The fraction of sp³-hybridized carbons (Fsp3) is 0.222. The molecule has 0 aliphatic rings. The first-order valence-corrected chi connectivity index (χ1v) is 8.87. The van der Waals surface area contributed by atoms with Crippen LogP contribution in [0.4, 0.5) is 5.69 Å². The van der Waals surface area contributed by atoms with Crippen LogP contribution in [0.15, 0.2) is 45.3 Å². The van der Waals surface area contributed by atoms with Crippen LogP contribution < -0.4 is 5.32 Å². The van der Waals surface area contributed by atoms with Gasteiger partial charge in [-0.25, -0.2) is 4.98 Å². The summed E-state index contributed by atoms with van der Waals surface area (Å²) in [7, 11) is 0. The SMILES string of the molecule is CC(C)c1ccc2oc(-c3ccc(Br)c(NC(=O)CCl)c3)nc2c1. The maximum atomic E-state index is 11.5. The molecule has 3 aromatic rings. The fourth-order valence-corrected chi connectivity index (χ4v) is 2.78. The van der Waals surface area contributed by atoms with E-state index < -0.39 is 0 Å². The number of rotatable bonds is 4. The average molecular weight is 408 g/mol. The van der Waals surface area contributed by atoms with Gasteiger partial charge in [0, 0.05) is 10.0 Å². The summed E-state index contributed by atoms with van der Waals surface area (Å²) >= 11 is 8.96. The summed E-state index contributed by atoms with van der Waals surface area (Å²) in [6, 6.07) is 11.6. The number of hydrogen-bond acceptors (Lipinski definition) is 3. The lowest BCUT2D eigenvalue weighted by atomic mass is 10.0. The van der Waals surface area contributed by atoms with Gasteiger partial charge in [0.25, 0.3) is 0 Å².